The molecule has 1 aromatic rings. The lowest BCUT2D eigenvalue weighted by molar-refractivity contribution is -0.121. The number of hydrazine groups is 1. The SMILES string of the molecule is O=C(Cc1c(F)cccc1Cl)NNC(=S)NC1CCCC1. The Morgan fingerprint density at radius 3 is 2.71 bits per heavy atom. The van der Waals surface area contributed by atoms with Crippen molar-refractivity contribution in [3.8, 4) is 0 Å². The Balaban J connectivity index is 1.78. The van der Waals surface area contributed by atoms with Crippen LogP contribution in [0.1, 0.15) is 31.2 Å². The maximum Gasteiger partial charge on any atom is 0.242 e. The van der Waals surface area contributed by atoms with Gasteiger partial charge in [-0.15, -0.1) is 0 Å². The molecule has 1 aliphatic rings. The summed E-state index contributed by atoms with van der Waals surface area (Å²) in [4.78, 5) is 11.8. The van der Waals surface area contributed by atoms with Crippen molar-refractivity contribution in [3.05, 3.63) is 34.6 Å². The Morgan fingerprint density at radius 1 is 1.33 bits per heavy atom. The minimum atomic E-state index is -0.496. The van der Waals surface area contributed by atoms with E-state index in [0.29, 0.717) is 11.2 Å². The van der Waals surface area contributed by atoms with E-state index in [1.807, 2.05) is 0 Å². The van der Waals surface area contributed by atoms with E-state index < -0.39 is 11.7 Å². The van der Waals surface area contributed by atoms with E-state index in [1.165, 1.54) is 25.0 Å². The number of rotatable bonds is 3. The Labute approximate surface area is 133 Å². The summed E-state index contributed by atoms with van der Waals surface area (Å²) in [7, 11) is 0. The lowest BCUT2D eigenvalue weighted by atomic mass is 10.1. The topological polar surface area (TPSA) is 53.2 Å². The van der Waals surface area contributed by atoms with Crippen LogP contribution in [-0.4, -0.2) is 17.1 Å². The second kappa shape index (κ2) is 7.56. The van der Waals surface area contributed by atoms with Crippen molar-refractivity contribution in [2.75, 3.05) is 0 Å². The van der Waals surface area contributed by atoms with Gasteiger partial charge < -0.3 is 5.32 Å². The molecule has 3 N–H and O–H groups in total. The zero-order valence-electron chi connectivity index (χ0n) is 11.4. The molecular weight excluding hydrogens is 313 g/mol. The van der Waals surface area contributed by atoms with Gasteiger partial charge in [0, 0.05) is 16.6 Å². The van der Waals surface area contributed by atoms with Gasteiger partial charge in [-0.2, -0.15) is 0 Å². The fraction of sp³-hybridized carbons (Fsp3) is 0.429. The zero-order chi connectivity index (χ0) is 15.2. The van der Waals surface area contributed by atoms with E-state index in [-0.39, 0.29) is 17.0 Å². The van der Waals surface area contributed by atoms with Gasteiger partial charge in [0.1, 0.15) is 5.82 Å². The van der Waals surface area contributed by atoms with Crippen LogP contribution in [0.2, 0.25) is 5.02 Å². The van der Waals surface area contributed by atoms with Gasteiger partial charge in [-0.3, -0.25) is 15.6 Å². The van der Waals surface area contributed by atoms with E-state index >= 15 is 0 Å². The van der Waals surface area contributed by atoms with E-state index in [9.17, 15) is 9.18 Å². The summed E-state index contributed by atoms with van der Waals surface area (Å²) in [6, 6.07) is 4.68. The van der Waals surface area contributed by atoms with Crippen LogP contribution in [0, 0.1) is 5.82 Å². The normalized spacial score (nSPS) is 14.8. The summed E-state index contributed by atoms with van der Waals surface area (Å²) in [5.74, 6) is -0.901. The second-order valence-corrected chi connectivity index (χ2v) is 5.82. The number of carbonyl (C=O) groups excluding carboxylic acids is 1. The summed E-state index contributed by atoms with van der Waals surface area (Å²) in [6.45, 7) is 0. The van der Waals surface area contributed by atoms with Gasteiger partial charge in [-0.1, -0.05) is 30.5 Å². The zero-order valence-corrected chi connectivity index (χ0v) is 13.0. The summed E-state index contributed by atoms with van der Waals surface area (Å²) in [5.41, 5.74) is 5.24. The number of thiocarbonyl (C=S) groups is 1. The molecule has 1 amide bonds. The predicted octanol–water partition coefficient (Wildman–Crippen LogP) is 2.46. The summed E-state index contributed by atoms with van der Waals surface area (Å²) < 4.78 is 13.6. The van der Waals surface area contributed by atoms with E-state index in [0.717, 1.165) is 12.8 Å². The number of nitrogens with one attached hydrogen (secondary N) is 3. The molecule has 1 aromatic carbocycles. The van der Waals surface area contributed by atoms with Crippen molar-refractivity contribution in [1.29, 1.82) is 0 Å². The lowest BCUT2D eigenvalue weighted by Gasteiger charge is -2.16. The van der Waals surface area contributed by atoms with Crippen LogP contribution in [-0.2, 0) is 11.2 Å². The molecule has 0 atom stereocenters. The largest absolute Gasteiger partial charge is 0.359 e. The van der Waals surface area contributed by atoms with Crippen molar-refractivity contribution >= 4 is 34.8 Å². The molecule has 0 heterocycles. The minimum absolute atomic E-state index is 0.148. The Morgan fingerprint density at radius 2 is 2.05 bits per heavy atom. The first kappa shape index (κ1) is 16.0. The van der Waals surface area contributed by atoms with Crippen molar-refractivity contribution in [1.82, 2.24) is 16.2 Å². The molecule has 1 saturated carbocycles. The van der Waals surface area contributed by atoms with E-state index in [4.69, 9.17) is 23.8 Å². The molecule has 0 spiro atoms. The van der Waals surface area contributed by atoms with E-state index in [1.54, 1.807) is 6.07 Å². The van der Waals surface area contributed by atoms with Crippen LogP contribution in [0.4, 0.5) is 4.39 Å². The maximum atomic E-state index is 13.6. The Bertz CT molecular complexity index is 515. The molecule has 0 saturated heterocycles. The highest BCUT2D eigenvalue weighted by Gasteiger charge is 2.16. The molecule has 0 aliphatic heterocycles. The lowest BCUT2D eigenvalue weighted by Crippen LogP contribution is -2.49. The third-order valence-electron chi connectivity index (χ3n) is 3.40. The maximum absolute atomic E-state index is 13.6. The fourth-order valence-corrected chi connectivity index (χ4v) is 2.77. The number of hydrogen-bond donors (Lipinski definition) is 3. The molecule has 7 heteroatoms. The van der Waals surface area contributed by atoms with Crippen molar-refractivity contribution < 1.29 is 9.18 Å². The van der Waals surface area contributed by atoms with Crippen LogP contribution < -0.4 is 16.2 Å². The molecule has 0 aromatic heterocycles. The summed E-state index contributed by atoms with van der Waals surface area (Å²) >= 11 is 11.0. The van der Waals surface area contributed by atoms with Gasteiger partial charge in [-0.05, 0) is 37.2 Å². The molecule has 0 radical (unpaired) electrons. The molecule has 0 unspecified atom stereocenters. The first-order chi connectivity index (χ1) is 10.1. The third kappa shape index (κ3) is 4.82. The predicted molar refractivity (Wildman–Crippen MR) is 84.4 cm³/mol. The summed E-state index contributed by atoms with van der Waals surface area (Å²) in [5, 5.41) is 3.73. The smallest absolute Gasteiger partial charge is 0.242 e. The molecule has 21 heavy (non-hydrogen) atoms. The summed E-state index contributed by atoms with van der Waals surface area (Å²) in [6.07, 6.45) is 4.41. The van der Waals surface area contributed by atoms with Crippen LogP contribution in [0.25, 0.3) is 0 Å². The quantitative estimate of drug-likeness (QED) is 0.589. The third-order valence-corrected chi connectivity index (χ3v) is 3.98. The second-order valence-electron chi connectivity index (χ2n) is 5.01. The first-order valence-electron chi connectivity index (χ1n) is 6.84. The van der Waals surface area contributed by atoms with Crippen molar-refractivity contribution in [2.45, 2.75) is 38.1 Å². The monoisotopic (exact) mass is 329 g/mol. The van der Waals surface area contributed by atoms with Gasteiger partial charge in [0.05, 0.1) is 6.42 Å². The highest BCUT2D eigenvalue weighted by Crippen LogP contribution is 2.19. The minimum Gasteiger partial charge on any atom is -0.359 e. The molecule has 0 bridgehead atoms. The van der Waals surface area contributed by atoms with Crippen LogP contribution in [0.3, 0.4) is 0 Å². The van der Waals surface area contributed by atoms with Crippen LogP contribution in [0.5, 0.6) is 0 Å². The Hall–Kier alpha value is -1.40. The first-order valence-corrected chi connectivity index (χ1v) is 7.63. The standard InChI is InChI=1S/C14H17ClFN3OS/c15-11-6-3-7-12(16)10(11)8-13(20)18-19-14(21)17-9-4-1-2-5-9/h3,6-7,9H,1-2,4-5,8H2,(H,18,20)(H2,17,19,21). The van der Waals surface area contributed by atoms with E-state index in [2.05, 4.69) is 16.2 Å². The number of hydrogen-bond acceptors (Lipinski definition) is 2. The van der Waals surface area contributed by atoms with Crippen molar-refractivity contribution in [3.63, 3.8) is 0 Å². The number of amides is 1. The molecule has 114 valence electrons. The van der Waals surface area contributed by atoms with Gasteiger partial charge in [0.15, 0.2) is 5.11 Å². The number of carbonyl (C=O) groups is 1. The van der Waals surface area contributed by atoms with Gasteiger partial charge >= 0.3 is 0 Å². The highest BCUT2D eigenvalue weighted by molar-refractivity contribution is 7.80. The number of halogens is 2. The van der Waals surface area contributed by atoms with Gasteiger partial charge in [0.25, 0.3) is 0 Å². The van der Waals surface area contributed by atoms with Crippen molar-refractivity contribution in [2.24, 2.45) is 0 Å². The average Bonchev–Trinajstić information content (AvgIpc) is 2.94. The Kier molecular flexibility index (Phi) is 5.76. The van der Waals surface area contributed by atoms with Crippen LogP contribution in [0.15, 0.2) is 18.2 Å². The van der Waals surface area contributed by atoms with Gasteiger partial charge in [-0.25, -0.2) is 4.39 Å². The number of benzene rings is 1. The molecule has 1 aliphatic carbocycles. The van der Waals surface area contributed by atoms with Gasteiger partial charge in [0.2, 0.25) is 5.91 Å². The van der Waals surface area contributed by atoms with Crippen LogP contribution >= 0.6 is 23.8 Å². The molecule has 4 nitrogen and oxygen atoms in total. The molecule has 2 rings (SSSR count). The fourth-order valence-electron chi connectivity index (χ4n) is 2.32. The highest BCUT2D eigenvalue weighted by atomic mass is 35.5. The molecular formula is C14H17ClFN3OS. The average molecular weight is 330 g/mol. The molecule has 1 fully saturated rings.